The van der Waals surface area contributed by atoms with Crippen molar-refractivity contribution in [2.24, 2.45) is 12.5 Å². The maximum absolute atomic E-state index is 10.9. The number of rotatable bonds is 3. The van der Waals surface area contributed by atoms with E-state index < -0.39 is 4.92 Å². The zero-order chi connectivity index (χ0) is 13.3. The average molecular weight is 252 g/mol. The first kappa shape index (κ1) is 12.9. The Balaban J connectivity index is 2.23. The van der Waals surface area contributed by atoms with Gasteiger partial charge in [-0.2, -0.15) is 0 Å². The Kier molecular flexibility index (Phi) is 3.28. The van der Waals surface area contributed by atoms with E-state index in [2.05, 4.69) is 24.1 Å². The molecular weight excluding hydrogens is 232 g/mol. The molecule has 6 nitrogen and oxygen atoms in total. The van der Waals surface area contributed by atoms with Gasteiger partial charge < -0.3 is 15.4 Å². The number of aryl methyl sites for hydroxylation is 1. The van der Waals surface area contributed by atoms with Crippen LogP contribution >= 0.6 is 0 Å². The first-order valence-electron chi connectivity index (χ1n) is 6.34. The van der Waals surface area contributed by atoms with Gasteiger partial charge in [0.15, 0.2) is 0 Å². The lowest BCUT2D eigenvalue weighted by Crippen LogP contribution is -2.39. The lowest BCUT2D eigenvalue weighted by atomic mass is 9.73. The van der Waals surface area contributed by atoms with E-state index in [4.69, 9.17) is 0 Å². The van der Waals surface area contributed by atoms with Crippen LogP contribution in [0.15, 0.2) is 6.33 Å². The molecule has 1 aliphatic rings. The van der Waals surface area contributed by atoms with Crippen LogP contribution in [0, 0.1) is 15.5 Å². The van der Waals surface area contributed by atoms with E-state index in [1.807, 2.05) is 0 Å². The van der Waals surface area contributed by atoms with Gasteiger partial charge >= 0.3 is 5.82 Å². The van der Waals surface area contributed by atoms with Crippen molar-refractivity contribution in [3.8, 4) is 0 Å². The molecule has 100 valence electrons. The molecule has 1 saturated carbocycles. The molecule has 1 heterocycles. The van der Waals surface area contributed by atoms with Gasteiger partial charge in [0.25, 0.3) is 0 Å². The number of nitro groups is 1. The summed E-state index contributed by atoms with van der Waals surface area (Å²) in [5, 5.41) is 14.3. The minimum atomic E-state index is -0.432. The molecule has 0 spiro atoms. The molecule has 1 fully saturated rings. The molecule has 0 amide bonds. The Morgan fingerprint density at radius 2 is 2.28 bits per heavy atom. The second-order valence-corrected chi connectivity index (χ2v) is 5.72. The highest BCUT2D eigenvalue weighted by atomic mass is 16.6. The molecule has 18 heavy (non-hydrogen) atoms. The standard InChI is InChI=1S/C12H20N4O2/c1-12(2)7-5-4-6-9(12)14-11-10(16(17)18)13-8-15(11)3/h8-9,14H,4-7H2,1-3H3. The van der Waals surface area contributed by atoms with Crippen LogP contribution < -0.4 is 5.32 Å². The van der Waals surface area contributed by atoms with Crippen LogP contribution in [-0.4, -0.2) is 20.5 Å². The molecule has 1 aliphatic carbocycles. The van der Waals surface area contributed by atoms with Crippen LogP contribution in [-0.2, 0) is 7.05 Å². The Morgan fingerprint density at radius 1 is 1.56 bits per heavy atom. The lowest BCUT2D eigenvalue weighted by molar-refractivity contribution is -0.388. The Bertz CT molecular complexity index is 453. The molecule has 1 N–H and O–H groups in total. The predicted molar refractivity (Wildman–Crippen MR) is 69.5 cm³/mol. The van der Waals surface area contributed by atoms with Gasteiger partial charge in [-0.25, -0.2) is 0 Å². The fourth-order valence-corrected chi connectivity index (χ4v) is 2.64. The molecule has 6 heteroatoms. The Hall–Kier alpha value is -1.59. The summed E-state index contributed by atoms with van der Waals surface area (Å²) in [4.78, 5) is 14.3. The van der Waals surface area contributed by atoms with E-state index in [-0.39, 0.29) is 17.3 Å². The number of anilines is 1. The summed E-state index contributed by atoms with van der Waals surface area (Å²) >= 11 is 0. The van der Waals surface area contributed by atoms with Crippen LogP contribution in [0.3, 0.4) is 0 Å². The van der Waals surface area contributed by atoms with Crippen molar-refractivity contribution in [2.75, 3.05) is 5.32 Å². The molecule has 0 aromatic carbocycles. The van der Waals surface area contributed by atoms with Crippen LogP contribution in [0.2, 0.25) is 0 Å². The topological polar surface area (TPSA) is 73.0 Å². The van der Waals surface area contributed by atoms with Crippen molar-refractivity contribution < 1.29 is 4.92 Å². The van der Waals surface area contributed by atoms with E-state index in [1.54, 1.807) is 11.6 Å². The second-order valence-electron chi connectivity index (χ2n) is 5.72. The summed E-state index contributed by atoms with van der Waals surface area (Å²) in [5.74, 6) is 0.429. The summed E-state index contributed by atoms with van der Waals surface area (Å²) in [6, 6.07) is 0.264. The quantitative estimate of drug-likeness (QED) is 0.663. The highest BCUT2D eigenvalue weighted by Gasteiger charge is 2.34. The van der Waals surface area contributed by atoms with Crippen molar-refractivity contribution in [1.82, 2.24) is 9.55 Å². The zero-order valence-corrected chi connectivity index (χ0v) is 11.1. The number of nitrogens with one attached hydrogen (secondary N) is 1. The highest BCUT2D eigenvalue weighted by molar-refractivity contribution is 5.53. The molecule has 0 saturated heterocycles. The molecule has 0 radical (unpaired) electrons. The van der Waals surface area contributed by atoms with Gasteiger partial charge in [0.2, 0.25) is 12.1 Å². The van der Waals surface area contributed by atoms with Crippen LogP contribution in [0.4, 0.5) is 11.6 Å². The van der Waals surface area contributed by atoms with Gasteiger partial charge in [-0.1, -0.05) is 26.7 Å². The summed E-state index contributed by atoms with van der Waals surface area (Å²) in [5.41, 5.74) is 0.163. The molecule has 0 bridgehead atoms. The summed E-state index contributed by atoms with van der Waals surface area (Å²) in [6.45, 7) is 4.43. The molecule has 2 rings (SSSR count). The molecule has 0 aliphatic heterocycles. The fourth-order valence-electron chi connectivity index (χ4n) is 2.64. The Labute approximate surface area is 107 Å². The van der Waals surface area contributed by atoms with Gasteiger partial charge in [0, 0.05) is 13.1 Å². The van der Waals surface area contributed by atoms with Gasteiger partial charge in [-0.3, -0.25) is 4.57 Å². The van der Waals surface area contributed by atoms with Gasteiger partial charge in [0.05, 0.1) is 0 Å². The van der Waals surface area contributed by atoms with E-state index in [0.29, 0.717) is 5.82 Å². The van der Waals surface area contributed by atoms with E-state index in [0.717, 1.165) is 12.8 Å². The van der Waals surface area contributed by atoms with Crippen molar-refractivity contribution >= 4 is 11.6 Å². The maximum atomic E-state index is 10.9. The van der Waals surface area contributed by atoms with Crippen molar-refractivity contribution in [1.29, 1.82) is 0 Å². The molecule has 1 aromatic rings. The molecular formula is C12H20N4O2. The molecule has 1 atom stereocenters. The maximum Gasteiger partial charge on any atom is 0.406 e. The van der Waals surface area contributed by atoms with Gasteiger partial charge in [-0.05, 0) is 28.2 Å². The van der Waals surface area contributed by atoms with Crippen LogP contribution in [0.5, 0.6) is 0 Å². The number of hydrogen-bond acceptors (Lipinski definition) is 4. The van der Waals surface area contributed by atoms with Crippen molar-refractivity contribution in [2.45, 2.75) is 45.6 Å². The third kappa shape index (κ3) is 2.32. The van der Waals surface area contributed by atoms with Crippen molar-refractivity contribution in [3.05, 3.63) is 16.4 Å². The number of imidazole rings is 1. The first-order chi connectivity index (χ1) is 8.42. The van der Waals surface area contributed by atoms with E-state index in [1.165, 1.54) is 19.2 Å². The zero-order valence-electron chi connectivity index (χ0n) is 11.1. The second kappa shape index (κ2) is 4.59. The highest BCUT2D eigenvalue weighted by Crippen LogP contribution is 2.38. The minimum Gasteiger partial charge on any atom is -0.361 e. The van der Waals surface area contributed by atoms with Gasteiger partial charge in [0.1, 0.15) is 0 Å². The number of nitrogens with zero attached hydrogens (tertiary/aromatic N) is 3. The smallest absolute Gasteiger partial charge is 0.361 e. The van der Waals surface area contributed by atoms with Crippen molar-refractivity contribution in [3.63, 3.8) is 0 Å². The third-order valence-corrected chi connectivity index (χ3v) is 3.91. The van der Waals surface area contributed by atoms with E-state index in [9.17, 15) is 10.1 Å². The normalized spacial score (nSPS) is 22.7. The Morgan fingerprint density at radius 3 is 2.89 bits per heavy atom. The SMILES string of the molecule is Cn1cnc([N+](=O)[O-])c1NC1CCCCC1(C)C. The minimum absolute atomic E-state index is 0.0844. The largest absolute Gasteiger partial charge is 0.406 e. The van der Waals surface area contributed by atoms with Gasteiger partial charge in [-0.15, -0.1) is 0 Å². The first-order valence-corrected chi connectivity index (χ1v) is 6.34. The number of hydrogen-bond donors (Lipinski definition) is 1. The monoisotopic (exact) mass is 252 g/mol. The third-order valence-electron chi connectivity index (χ3n) is 3.91. The van der Waals surface area contributed by atoms with Crippen LogP contribution in [0.1, 0.15) is 39.5 Å². The molecule has 1 aromatic heterocycles. The lowest BCUT2D eigenvalue weighted by Gasteiger charge is -2.39. The van der Waals surface area contributed by atoms with E-state index >= 15 is 0 Å². The van der Waals surface area contributed by atoms with Crippen LogP contribution in [0.25, 0.3) is 0 Å². The number of aromatic nitrogens is 2. The summed E-state index contributed by atoms with van der Waals surface area (Å²) in [7, 11) is 1.78. The molecule has 1 unspecified atom stereocenters. The fraction of sp³-hybridized carbons (Fsp3) is 0.750. The average Bonchev–Trinajstić information content (AvgIpc) is 2.63. The summed E-state index contributed by atoms with van der Waals surface area (Å²) < 4.78 is 1.68. The summed E-state index contributed by atoms with van der Waals surface area (Å²) in [6.07, 6.45) is 6.09. The predicted octanol–water partition coefficient (Wildman–Crippen LogP) is 2.71.